The lowest BCUT2D eigenvalue weighted by molar-refractivity contribution is 0.0226. The first-order valence-corrected chi connectivity index (χ1v) is 7.68. The van der Waals surface area contributed by atoms with E-state index in [0.29, 0.717) is 0 Å². The van der Waals surface area contributed by atoms with Gasteiger partial charge in [-0.2, -0.15) is 0 Å². The van der Waals surface area contributed by atoms with Crippen LogP contribution < -0.4 is 5.32 Å². The summed E-state index contributed by atoms with van der Waals surface area (Å²) < 4.78 is 5.44. The molecule has 0 radical (unpaired) electrons. The number of hydrogen-bond acceptors (Lipinski definition) is 4. The highest BCUT2D eigenvalue weighted by molar-refractivity contribution is 5.69. The number of nitrogens with one attached hydrogen (secondary N) is 1. The summed E-state index contributed by atoms with van der Waals surface area (Å²) in [7, 11) is 0. The Morgan fingerprint density at radius 1 is 1.50 bits per heavy atom. The van der Waals surface area contributed by atoms with Gasteiger partial charge in [-0.05, 0) is 59.9 Å². The minimum absolute atomic E-state index is 0.203. The fraction of sp³-hybridized carbons (Fsp3) is 0.933. The molecular weight excluding hydrogens is 256 g/mol. The topological polar surface area (TPSA) is 61.8 Å². The van der Waals surface area contributed by atoms with E-state index in [1.54, 1.807) is 6.92 Å². The summed E-state index contributed by atoms with van der Waals surface area (Å²) in [5.41, 5.74) is -0.436. The van der Waals surface area contributed by atoms with Crippen molar-refractivity contribution in [3.8, 4) is 0 Å². The number of carbonyl (C=O) groups excluding carboxylic acids is 1. The van der Waals surface area contributed by atoms with E-state index in [1.165, 1.54) is 0 Å². The van der Waals surface area contributed by atoms with Gasteiger partial charge in [0.15, 0.2) is 0 Å². The molecule has 0 aromatic rings. The van der Waals surface area contributed by atoms with E-state index in [1.807, 2.05) is 25.7 Å². The molecule has 0 aliphatic carbocycles. The lowest BCUT2D eigenvalue weighted by atomic mass is 10.2. The van der Waals surface area contributed by atoms with Gasteiger partial charge in [0.1, 0.15) is 5.60 Å². The molecule has 1 fully saturated rings. The Balaban J connectivity index is 2.28. The van der Waals surface area contributed by atoms with Crippen LogP contribution in [0.3, 0.4) is 0 Å². The summed E-state index contributed by atoms with van der Waals surface area (Å²) >= 11 is 0. The SMILES string of the molecule is CC(O)CCCNCC1CCCN1C(=O)OC(C)(C)C. The van der Waals surface area contributed by atoms with Crippen molar-refractivity contribution in [1.82, 2.24) is 10.2 Å². The molecule has 0 aromatic heterocycles. The maximum atomic E-state index is 12.1. The van der Waals surface area contributed by atoms with Crippen LogP contribution >= 0.6 is 0 Å². The normalized spacial score (nSPS) is 21.1. The first kappa shape index (κ1) is 17.2. The molecular formula is C15H30N2O3. The van der Waals surface area contributed by atoms with Gasteiger partial charge in [-0.3, -0.25) is 0 Å². The summed E-state index contributed by atoms with van der Waals surface area (Å²) in [5, 5.41) is 12.6. The lowest BCUT2D eigenvalue weighted by Gasteiger charge is -2.28. The molecule has 5 nitrogen and oxygen atoms in total. The van der Waals surface area contributed by atoms with E-state index < -0.39 is 5.60 Å². The minimum Gasteiger partial charge on any atom is -0.444 e. The first-order valence-electron chi connectivity index (χ1n) is 7.68. The number of likely N-dealkylation sites (tertiary alicyclic amines) is 1. The highest BCUT2D eigenvalue weighted by Crippen LogP contribution is 2.20. The molecule has 1 aliphatic rings. The Labute approximate surface area is 122 Å². The third-order valence-corrected chi connectivity index (χ3v) is 3.36. The standard InChI is InChI=1S/C15H30N2O3/c1-12(18)7-5-9-16-11-13-8-6-10-17(13)14(19)20-15(2,3)4/h12-13,16,18H,5-11H2,1-4H3. The number of hydrogen-bond donors (Lipinski definition) is 2. The second-order valence-corrected chi connectivity index (χ2v) is 6.67. The van der Waals surface area contributed by atoms with Crippen LogP contribution in [0.15, 0.2) is 0 Å². The number of aliphatic hydroxyl groups is 1. The Morgan fingerprint density at radius 2 is 2.20 bits per heavy atom. The molecule has 0 aromatic carbocycles. The van der Waals surface area contributed by atoms with Crippen molar-refractivity contribution >= 4 is 6.09 Å². The second-order valence-electron chi connectivity index (χ2n) is 6.67. The Morgan fingerprint density at radius 3 is 2.80 bits per heavy atom. The van der Waals surface area contributed by atoms with Gasteiger partial charge in [-0.15, -0.1) is 0 Å². The fourth-order valence-electron chi connectivity index (χ4n) is 2.40. The Bertz CT molecular complexity index is 300. The van der Waals surface area contributed by atoms with Crippen LogP contribution in [0.1, 0.15) is 53.4 Å². The number of nitrogens with zero attached hydrogens (tertiary/aromatic N) is 1. The number of aliphatic hydroxyl groups excluding tert-OH is 1. The van der Waals surface area contributed by atoms with Crippen LogP contribution in [-0.4, -0.2) is 53.5 Å². The predicted molar refractivity (Wildman–Crippen MR) is 79.7 cm³/mol. The number of rotatable bonds is 6. The van der Waals surface area contributed by atoms with E-state index in [-0.39, 0.29) is 18.2 Å². The molecule has 2 atom stereocenters. The van der Waals surface area contributed by atoms with Crippen LogP contribution in [0, 0.1) is 0 Å². The minimum atomic E-state index is -0.436. The maximum Gasteiger partial charge on any atom is 0.410 e. The van der Waals surface area contributed by atoms with Crippen molar-refractivity contribution in [2.24, 2.45) is 0 Å². The molecule has 2 unspecified atom stereocenters. The van der Waals surface area contributed by atoms with Crippen molar-refractivity contribution in [1.29, 1.82) is 0 Å². The van der Waals surface area contributed by atoms with E-state index in [2.05, 4.69) is 5.32 Å². The van der Waals surface area contributed by atoms with Gasteiger partial charge in [0, 0.05) is 19.1 Å². The van der Waals surface area contributed by atoms with Crippen LogP contribution in [0.25, 0.3) is 0 Å². The van der Waals surface area contributed by atoms with Crippen molar-refractivity contribution in [3.63, 3.8) is 0 Å². The smallest absolute Gasteiger partial charge is 0.410 e. The maximum absolute atomic E-state index is 12.1. The van der Waals surface area contributed by atoms with Crippen LogP contribution in [0.4, 0.5) is 4.79 Å². The average molecular weight is 286 g/mol. The van der Waals surface area contributed by atoms with E-state index in [4.69, 9.17) is 4.74 Å². The molecule has 20 heavy (non-hydrogen) atoms. The van der Waals surface area contributed by atoms with E-state index >= 15 is 0 Å². The monoisotopic (exact) mass is 286 g/mol. The summed E-state index contributed by atoms with van der Waals surface area (Å²) in [6.45, 7) is 9.96. The third-order valence-electron chi connectivity index (χ3n) is 3.36. The zero-order valence-corrected chi connectivity index (χ0v) is 13.3. The van der Waals surface area contributed by atoms with Gasteiger partial charge in [0.05, 0.1) is 6.10 Å². The van der Waals surface area contributed by atoms with Crippen molar-refractivity contribution in [3.05, 3.63) is 0 Å². The van der Waals surface area contributed by atoms with E-state index in [0.717, 1.165) is 45.3 Å². The summed E-state index contributed by atoms with van der Waals surface area (Å²) in [5.74, 6) is 0. The molecule has 0 spiro atoms. The van der Waals surface area contributed by atoms with Gasteiger partial charge < -0.3 is 20.1 Å². The summed E-state index contributed by atoms with van der Waals surface area (Å²) in [6, 6.07) is 0.233. The van der Waals surface area contributed by atoms with Crippen LogP contribution in [0.2, 0.25) is 0 Å². The van der Waals surface area contributed by atoms with Crippen molar-refractivity contribution < 1.29 is 14.6 Å². The van der Waals surface area contributed by atoms with Crippen LogP contribution in [-0.2, 0) is 4.74 Å². The molecule has 1 rings (SSSR count). The first-order chi connectivity index (χ1) is 9.29. The Kier molecular flexibility index (Phi) is 6.76. The molecule has 1 amide bonds. The highest BCUT2D eigenvalue weighted by atomic mass is 16.6. The number of ether oxygens (including phenoxy) is 1. The molecule has 5 heteroatoms. The fourth-order valence-corrected chi connectivity index (χ4v) is 2.40. The van der Waals surface area contributed by atoms with E-state index in [9.17, 15) is 9.90 Å². The summed E-state index contributed by atoms with van der Waals surface area (Å²) in [6.07, 6.45) is 3.40. The molecule has 1 aliphatic heterocycles. The van der Waals surface area contributed by atoms with Gasteiger partial charge in [-0.1, -0.05) is 0 Å². The highest BCUT2D eigenvalue weighted by Gasteiger charge is 2.31. The average Bonchev–Trinajstić information content (AvgIpc) is 2.74. The Hall–Kier alpha value is -0.810. The van der Waals surface area contributed by atoms with Crippen LogP contribution in [0.5, 0.6) is 0 Å². The summed E-state index contributed by atoms with van der Waals surface area (Å²) in [4.78, 5) is 13.9. The van der Waals surface area contributed by atoms with Crippen molar-refractivity contribution in [2.45, 2.75) is 71.1 Å². The molecule has 1 heterocycles. The third kappa shape index (κ3) is 6.57. The van der Waals surface area contributed by atoms with Gasteiger partial charge >= 0.3 is 6.09 Å². The molecule has 2 N–H and O–H groups in total. The largest absolute Gasteiger partial charge is 0.444 e. The number of carbonyl (C=O) groups is 1. The second kappa shape index (κ2) is 7.84. The van der Waals surface area contributed by atoms with Gasteiger partial charge in [0.2, 0.25) is 0 Å². The lowest BCUT2D eigenvalue weighted by Crippen LogP contribution is -2.44. The number of amides is 1. The zero-order chi connectivity index (χ0) is 15.2. The molecule has 1 saturated heterocycles. The van der Waals surface area contributed by atoms with Crippen molar-refractivity contribution in [2.75, 3.05) is 19.6 Å². The predicted octanol–water partition coefficient (Wildman–Crippen LogP) is 2.14. The van der Waals surface area contributed by atoms with Gasteiger partial charge in [0.25, 0.3) is 0 Å². The van der Waals surface area contributed by atoms with Gasteiger partial charge in [-0.25, -0.2) is 4.79 Å². The zero-order valence-electron chi connectivity index (χ0n) is 13.3. The molecule has 118 valence electrons. The molecule has 0 saturated carbocycles. The molecule has 0 bridgehead atoms. The quantitative estimate of drug-likeness (QED) is 0.734.